The van der Waals surface area contributed by atoms with Crippen LogP contribution in [0.25, 0.3) is 0 Å². The van der Waals surface area contributed by atoms with Gasteiger partial charge in [-0.05, 0) is 69.3 Å². The fourth-order valence-electron chi connectivity index (χ4n) is 2.39. The fraction of sp³-hybridized carbons (Fsp3) is 0.500. The van der Waals surface area contributed by atoms with E-state index in [-0.39, 0.29) is 5.91 Å². The molecule has 0 heterocycles. The maximum absolute atomic E-state index is 11.9. The zero-order chi connectivity index (χ0) is 13.8. The number of amides is 1. The molecule has 2 N–H and O–H groups in total. The molecule has 1 aliphatic rings. The molecule has 0 atom stereocenters. The lowest BCUT2D eigenvalue weighted by Gasteiger charge is -2.14. The number of benzene rings is 1. The zero-order valence-electron chi connectivity index (χ0n) is 10.9. The molecule has 0 saturated heterocycles. The van der Waals surface area contributed by atoms with Crippen LogP contribution in [0.1, 0.15) is 31.2 Å². The van der Waals surface area contributed by atoms with E-state index in [0.717, 1.165) is 27.5 Å². The SMILES string of the molecule is Cc1cc(Br)c(NCC(=O)NC2CCCC2)c(Br)c1. The summed E-state index contributed by atoms with van der Waals surface area (Å²) in [5.74, 6) is 0.0614. The maximum atomic E-state index is 11.9. The Labute approximate surface area is 130 Å². The van der Waals surface area contributed by atoms with Gasteiger partial charge in [0.2, 0.25) is 5.91 Å². The summed E-state index contributed by atoms with van der Waals surface area (Å²) >= 11 is 7.02. The van der Waals surface area contributed by atoms with Crippen LogP contribution in [0.5, 0.6) is 0 Å². The van der Waals surface area contributed by atoms with Crippen LogP contribution in [0.15, 0.2) is 21.1 Å². The lowest BCUT2D eigenvalue weighted by Crippen LogP contribution is -2.36. The third kappa shape index (κ3) is 4.21. The van der Waals surface area contributed by atoms with Crippen molar-refractivity contribution in [1.29, 1.82) is 0 Å². The van der Waals surface area contributed by atoms with Crippen molar-refractivity contribution >= 4 is 43.5 Å². The normalized spacial score (nSPS) is 15.5. The first kappa shape index (κ1) is 14.9. The minimum atomic E-state index is 0.0614. The number of carbonyl (C=O) groups is 1. The molecule has 0 radical (unpaired) electrons. The van der Waals surface area contributed by atoms with Crippen molar-refractivity contribution in [3.63, 3.8) is 0 Å². The van der Waals surface area contributed by atoms with Gasteiger partial charge in [0.25, 0.3) is 0 Å². The molecule has 5 heteroatoms. The van der Waals surface area contributed by atoms with Crippen molar-refractivity contribution in [2.24, 2.45) is 0 Å². The number of carbonyl (C=O) groups excluding carboxylic acids is 1. The molecule has 104 valence electrons. The summed E-state index contributed by atoms with van der Waals surface area (Å²) in [4.78, 5) is 11.9. The van der Waals surface area contributed by atoms with Gasteiger partial charge in [-0.25, -0.2) is 0 Å². The molecule has 2 rings (SSSR count). The Kier molecular flexibility index (Phi) is 5.28. The van der Waals surface area contributed by atoms with Gasteiger partial charge >= 0.3 is 0 Å². The lowest BCUT2D eigenvalue weighted by molar-refractivity contribution is -0.120. The van der Waals surface area contributed by atoms with E-state index in [1.54, 1.807) is 0 Å². The van der Waals surface area contributed by atoms with Crippen molar-refractivity contribution < 1.29 is 4.79 Å². The number of hydrogen-bond acceptors (Lipinski definition) is 2. The minimum Gasteiger partial charge on any atom is -0.374 e. The summed E-state index contributed by atoms with van der Waals surface area (Å²) in [7, 11) is 0. The molecule has 1 aliphatic carbocycles. The second-order valence-electron chi connectivity index (χ2n) is 5.01. The van der Waals surface area contributed by atoms with Crippen LogP contribution in [0, 0.1) is 6.92 Å². The number of aryl methyl sites for hydroxylation is 1. The van der Waals surface area contributed by atoms with E-state index in [0.29, 0.717) is 12.6 Å². The first-order chi connectivity index (χ1) is 9.06. The van der Waals surface area contributed by atoms with Gasteiger partial charge in [-0.1, -0.05) is 12.8 Å². The maximum Gasteiger partial charge on any atom is 0.239 e. The molecule has 1 aromatic carbocycles. The van der Waals surface area contributed by atoms with Crippen LogP contribution in [-0.2, 0) is 4.79 Å². The summed E-state index contributed by atoms with van der Waals surface area (Å²) in [5, 5.41) is 6.24. The van der Waals surface area contributed by atoms with Crippen LogP contribution in [0.2, 0.25) is 0 Å². The first-order valence-corrected chi connectivity index (χ1v) is 8.14. The van der Waals surface area contributed by atoms with Crippen molar-refractivity contribution in [2.45, 2.75) is 38.6 Å². The Bertz CT molecular complexity index is 448. The van der Waals surface area contributed by atoms with Crippen molar-refractivity contribution in [3.8, 4) is 0 Å². The molecule has 0 spiro atoms. The molecule has 1 aromatic rings. The number of hydrogen-bond donors (Lipinski definition) is 2. The Balaban J connectivity index is 1.89. The number of anilines is 1. The van der Waals surface area contributed by atoms with Gasteiger partial charge in [0.1, 0.15) is 0 Å². The van der Waals surface area contributed by atoms with Gasteiger partial charge in [-0.2, -0.15) is 0 Å². The van der Waals surface area contributed by atoms with E-state index in [4.69, 9.17) is 0 Å². The van der Waals surface area contributed by atoms with Gasteiger partial charge in [0, 0.05) is 15.0 Å². The molecule has 0 bridgehead atoms. The van der Waals surface area contributed by atoms with Gasteiger partial charge in [-0.15, -0.1) is 0 Å². The number of halogens is 2. The third-order valence-electron chi connectivity index (χ3n) is 3.33. The average molecular weight is 390 g/mol. The van der Waals surface area contributed by atoms with Crippen molar-refractivity contribution in [3.05, 3.63) is 26.6 Å². The van der Waals surface area contributed by atoms with Crippen LogP contribution < -0.4 is 10.6 Å². The van der Waals surface area contributed by atoms with Crippen LogP contribution >= 0.6 is 31.9 Å². The van der Waals surface area contributed by atoms with E-state index in [1.165, 1.54) is 18.4 Å². The highest BCUT2D eigenvalue weighted by Gasteiger charge is 2.17. The molecule has 1 saturated carbocycles. The zero-order valence-corrected chi connectivity index (χ0v) is 14.1. The van der Waals surface area contributed by atoms with E-state index in [1.807, 2.05) is 19.1 Å². The highest BCUT2D eigenvalue weighted by atomic mass is 79.9. The molecular weight excluding hydrogens is 372 g/mol. The molecular formula is C14H18Br2N2O. The Morgan fingerprint density at radius 1 is 1.26 bits per heavy atom. The first-order valence-electron chi connectivity index (χ1n) is 6.55. The quantitative estimate of drug-likeness (QED) is 0.817. The second kappa shape index (κ2) is 6.75. The van der Waals surface area contributed by atoms with Crippen molar-refractivity contribution in [2.75, 3.05) is 11.9 Å². The van der Waals surface area contributed by atoms with Gasteiger partial charge in [-0.3, -0.25) is 4.79 Å². The van der Waals surface area contributed by atoms with Gasteiger partial charge < -0.3 is 10.6 Å². The highest BCUT2D eigenvalue weighted by Crippen LogP contribution is 2.32. The summed E-state index contributed by atoms with van der Waals surface area (Å²) in [6, 6.07) is 4.43. The molecule has 0 aromatic heterocycles. The molecule has 3 nitrogen and oxygen atoms in total. The topological polar surface area (TPSA) is 41.1 Å². The fourth-order valence-corrected chi connectivity index (χ4v) is 4.08. The lowest BCUT2D eigenvalue weighted by atomic mass is 10.2. The summed E-state index contributed by atoms with van der Waals surface area (Å²) < 4.78 is 1.93. The third-order valence-corrected chi connectivity index (χ3v) is 4.58. The number of nitrogens with one attached hydrogen (secondary N) is 2. The second-order valence-corrected chi connectivity index (χ2v) is 6.71. The summed E-state index contributed by atoms with van der Waals surface area (Å²) in [6.07, 6.45) is 4.69. The van der Waals surface area contributed by atoms with Gasteiger partial charge in [0.05, 0.1) is 12.2 Å². The van der Waals surface area contributed by atoms with Crippen molar-refractivity contribution in [1.82, 2.24) is 5.32 Å². The summed E-state index contributed by atoms with van der Waals surface area (Å²) in [6.45, 7) is 2.34. The van der Waals surface area contributed by atoms with Crippen LogP contribution in [0.3, 0.4) is 0 Å². The Morgan fingerprint density at radius 2 is 1.84 bits per heavy atom. The molecule has 0 unspecified atom stereocenters. The van der Waals surface area contributed by atoms with E-state index in [9.17, 15) is 4.79 Å². The molecule has 1 amide bonds. The average Bonchev–Trinajstić information content (AvgIpc) is 2.80. The Hall–Kier alpha value is -0.550. The molecule has 1 fully saturated rings. The van der Waals surface area contributed by atoms with E-state index < -0.39 is 0 Å². The van der Waals surface area contributed by atoms with E-state index in [2.05, 4.69) is 42.5 Å². The molecule has 19 heavy (non-hydrogen) atoms. The molecule has 0 aliphatic heterocycles. The van der Waals surface area contributed by atoms with Crippen LogP contribution in [-0.4, -0.2) is 18.5 Å². The Morgan fingerprint density at radius 3 is 2.42 bits per heavy atom. The summed E-state index contributed by atoms with van der Waals surface area (Å²) in [5.41, 5.74) is 2.09. The van der Waals surface area contributed by atoms with Crippen LogP contribution in [0.4, 0.5) is 5.69 Å². The minimum absolute atomic E-state index is 0.0614. The predicted molar refractivity (Wildman–Crippen MR) is 85.5 cm³/mol. The smallest absolute Gasteiger partial charge is 0.239 e. The van der Waals surface area contributed by atoms with Gasteiger partial charge in [0.15, 0.2) is 0 Å². The standard InChI is InChI=1S/C14H18Br2N2O/c1-9-6-11(15)14(12(16)7-9)17-8-13(19)18-10-4-2-3-5-10/h6-7,10,17H,2-5,8H2,1H3,(H,18,19). The number of rotatable bonds is 4. The predicted octanol–water partition coefficient (Wildman–Crippen LogP) is 3.99. The largest absolute Gasteiger partial charge is 0.374 e. The highest BCUT2D eigenvalue weighted by molar-refractivity contribution is 9.11. The monoisotopic (exact) mass is 388 g/mol. The van der Waals surface area contributed by atoms with E-state index >= 15 is 0 Å².